The molecule has 7 heteroatoms. The number of sulfone groups is 1. The van der Waals surface area contributed by atoms with E-state index < -0.39 is 9.84 Å². The van der Waals surface area contributed by atoms with Gasteiger partial charge < -0.3 is 4.90 Å². The van der Waals surface area contributed by atoms with Crippen molar-refractivity contribution in [3.8, 4) is 0 Å². The Balaban J connectivity index is 1.75. The lowest BCUT2D eigenvalue weighted by molar-refractivity contribution is -0.134. The van der Waals surface area contributed by atoms with Crippen LogP contribution in [0.2, 0.25) is 0 Å². The summed E-state index contributed by atoms with van der Waals surface area (Å²) in [7, 11) is -1.08. The molecule has 1 aliphatic heterocycles. The molecule has 2 fully saturated rings. The van der Waals surface area contributed by atoms with Gasteiger partial charge in [0, 0.05) is 30.8 Å². The lowest BCUT2D eigenvalue weighted by Gasteiger charge is -2.21. The molecule has 1 aliphatic carbocycles. The van der Waals surface area contributed by atoms with Gasteiger partial charge in [-0.15, -0.1) is 0 Å². The number of aromatic nitrogens is 2. The predicted molar refractivity (Wildman–Crippen MR) is 92.4 cm³/mol. The van der Waals surface area contributed by atoms with Crippen LogP contribution in [0.5, 0.6) is 0 Å². The van der Waals surface area contributed by atoms with Gasteiger partial charge in [0.2, 0.25) is 5.91 Å². The Morgan fingerprint density at radius 1 is 1.25 bits per heavy atom. The molecule has 0 N–H and O–H groups in total. The molecule has 1 saturated carbocycles. The van der Waals surface area contributed by atoms with E-state index in [1.54, 1.807) is 0 Å². The second-order valence-electron chi connectivity index (χ2n) is 7.33. The lowest BCUT2D eigenvalue weighted by Crippen LogP contribution is -2.31. The minimum Gasteiger partial charge on any atom is -0.341 e. The highest BCUT2D eigenvalue weighted by atomic mass is 32.2. The van der Waals surface area contributed by atoms with Gasteiger partial charge in [0.25, 0.3) is 0 Å². The SMILES string of the molecule is Cc1nn([C@@H]2CCS(=O)(=O)C2)c(C)c1CN(C)C(=O)C1CCCC1. The first-order valence-electron chi connectivity index (χ1n) is 8.78. The van der Waals surface area contributed by atoms with E-state index in [-0.39, 0.29) is 29.4 Å². The van der Waals surface area contributed by atoms with Crippen molar-refractivity contribution < 1.29 is 13.2 Å². The van der Waals surface area contributed by atoms with E-state index in [1.807, 2.05) is 30.5 Å². The summed E-state index contributed by atoms with van der Waals surface area (Å²) in [5.74, 6) is 0.810. The number of carbonyl (C=O) groups excluding carboxylic acids is 1. The molecule has 0 bridgehead atoms. The summed E-state index contributed by atoms with van der Waals surface area (Å²) in [6.07, 6.45) is 4.92. The van der Waals surface area contributed by atoms with Gasteiger partial charge in [-0.2, -0.15) is 5.10 Å². The highest BCUT2D eigenvalue weighted by Crippen LogP contribution is 2.29. The zero-order valence-electron chi connectivity index (χ0n) is 14.8. The fourth-order valence-corrected chi connectivity index (χ4v) is 5.74. The van der Waals surface area contributed by atoms with Gasteiger partial charge in [-0.3, -0.25) is 9.48 Å². The Morgan fingerprint density at radius 2 is 1.92 bits per heavy atom. The summed E-state index contributed by atoms with van der Waals surface area (Å²) in [5, 5.41) is 4.58. The number of hydrogen-bond acceptors (Lipinski definition) is 4. The molecular formula is C17H27N3O3S. The van der Waals surface area contributed by atoms with Crippen LogP contribution in [-0.2, 0) is 21.2 Å². The molecule has 134 valence electrons. The second-order valence-corrected chi connectivity index (χ2v) is 9.56. The molecule has 1 atom stereocenters. The molecule has 0 unspecified atom stereocenters. The van der Waals surface area contributed by atoms with Crippen LogP contribution < -0.4 is 0 Å². The van der Waals surface area contributed by atoms with E-state index in [0.717, 1.165) is 42.6 Å². The standard InChI is InChI=1S/C17H27N3O3S/c1-12-16(10-19(3)17(21)14-6-4-5-7-14)13(2)20(18-12)15-8-9-24(22,23)11-15/h14-15H,4-11H2,1-3H3/t15-/m1/s1. The quantitative estimate of drug-likeness (QED) is 0.830. The average Bonchev–Trinajstić information content (AvgIpc) is 3.22. The molecule has 1 aromatic rings. The number of amides is 1. The number of nitrogens with zero attached hydrogens (tertiary/aromatic N) is 3. The van der Waals surface area contributed by atoms with Crippen molar-refractivity contribution >= 4 is 15.7 Å². The number of aryl methyl sites for hydroxylation is 1. The van der Waals surface area contributed by atoms with Crippen LogP contribution in [0.3, 0.4) is 0 Å². The molecule has 6 nitrogen and oxygen atoms in total. The maximum Gasteiger partial charge on any atom is 0.225 e. The van der Waals surface area contributed by atoms with Crippen LogP contribution in [0.25, 0.3) is 0 Å². The molecule has 2 heterocycles. The Hall–Kier alpha value is -1.37. The Kier molecular flexibility index (Phi) is 4.73. The van der Waals surface area contributed by atoms with Crippen molar-refractivity contribution in [2.45, 2.75) is 58.5 Å². The molecule has 3 rings (SSSR count). The van der Waals surface area contributed by atoms with Gasteiger partial charge >= 0.3 is 0 Å². The van der Waals surface area contributed by atoms with E-state index >= 15 is 0 Å². The normalized spacial score (nSPS) is 23.7. The van der Waals surface area contributed by atoms with Gasteiger partial charge in [-0.1, -0.05) is 12.8 Å². The maximum absolute atomic E-state index is 12.5. The third kappa shape index (κ3) is 3.36. The summed E-state index contributed by atoms with van der Waals surface area (Å²) in [6, 6.07) is -0.0710. The van der Waals surface area contributed by atoms with E-state index in [2.05, 4.69) is 5.10 Å². The first-order valence-corrected chi connectivity index (χ1v) is 10.6. The fraction of sp³-hybridized carbons (Fsp3) is 0.765. The smallest absolute Gasteiger partial charge is 0.225 e. The van der Waals surface area contributed by atoms with Gasteiger partial charge in [-0.05, 0) is 33.1 Å². The zero-order chi connectivity index (χ0) is 17.5. The van der Waals surface area contributed by atoms with E-state index in [0.29, 0.717) is 13.0 Å². The largest absolute Gasteiger partial charge is 0.341 e. The fourth-order valence-electron chi connectivity index (χ4n) is 4.05. The topological polar surface area (TPSA) is 72.3 Å². The van der Waals surface area contributed by atoms with Crippen LogP contribution >= 0.6 is 0 Å². The Bertz CT molecular complexity index is 733. The average molecular weight is 353 g/mol. The third-order valence-corrected chi connectivity index (χ3v) is 7.26. The summed E-state index contributed by atoms with van der Waals surface area (Å²) in [4.78, 5) is 14.3. The van der Waals surface area contributed by atoms with Crippen molar-refractivity contribution in [3.05, 3.63) is 17.0 Å². The molecular weight excluding hydrogens is 326 g/mol. The van der Waals surface area contributed by atoms with Crippen LogP contribution in [0, 0.1) is 19.8 Å². The molecule has 2 aliphatic rings. The molecule has 0 aromatic carbocycles. The van der Waals surface area contributed by atoms with Crippen molar-refractivity contribution in [1.29, 1.82) is 0 Å². The van der Waals surface area contributed by atoms with E-state index in [9.17, 15) is 13.2 Å². The summed E-state index contributed by atoms with van der Waals surface area (Å²) in [5.41, 5.74) is 2.93. The maximum atomic E-state index is 12.5. The monoisotopic (exact) mass is 353 g/mol. The van der Waals surface area contributed by atoms with Gasteiger partial charge in [0.15, 0.2) is 9.84 Å². The Labute approximate surface area is 144 Å². The summed E-state index contributed by atoms with van der Waals surface area (Å²) in [6.45, 7) is 4.47. The minimum absolute atomic E-state index is 0.0710. The van der Waals surface area contributed by atoms with Gasteiger partial charge in [0.05, 0.1) is 23.2 Å². The molecule has 1 aromatic heterocycles. The lowest BCUT2D eigenvalue weighted by atomic mass is 10.1. The molecule has 24 heavy (non-hydrogen) atoms. The predicted octanol–water partition coefficient (Wildman–Crippen LogP) is 2.01. The first kappa shape index (κ1) is 17.5. The molecule has 0 radical (unpaired) electrons. The molecule has 1 saturated heterocycles. The Morgan fingerprint density at radius 3 is 2.50 bits per heavy atom. The number of hydrogen-bond donors (Lipinski definition) is 0. The minimum atomic E-state index is -2.94. The second kappa shape index (κ2) is 6.50. The van der Waals surface area contributed by atoms with Crippen molar-refractivity contribution in [2.75, 3.05) is 18.6 Å². The van der Waals surface area contributed by atoms with Crippen LogP contribution in [0.4, 0.5) is 0 Å². The van der Waals surface area contributed by atoms with E-state index in [4.69, 9.17) is 0 Å². The van der Waals surface area contributed by atoms with Crippen LogP contribution in [0.15, 0.2) is 0 Å². The van der Waals surface area contributed by atoms with Crippen LogP contribution in [0.1, 0.15) is 55.1 Å². The first-order chi connectivity index (χ1) is 11.3. The highest BCUT2D eigenvalue weighted by Gasteiger charge is 2.32. The summed E-state index contributed by atoms with van der Waals surface area (Å²) >= 11 is 0. The summed E-state index contributed by atoms with van der Waals surface area (Å²) < 4.78 is 25.3. The van der Waals surface area contributed by atoms with E-state index in [1.165, 1.54) is 0 Å². The van der Waals surface area contributed by atoms with Crippen molar-refractivity contribution in [1.82, 2.24) is 14.7 Å². The van der Waals surface area contributed by atoms with Crippen LogP contribution in [-0.4, -0.2) is 47.6 Å². The van der Waals surface area contributed by atoms with Crippen molar-refractivity contribution in [3.63, 3.8) is 0 Å². The zero-order valence-corrected chi connectivity index (χ0v) is 15.6. The third-order valence-electron chi connectivity index (χ3n) is 5.51. The van der Waals surface area contributed by atoms with Gasteiger partial charge in [0.1, 0.15) is 0 Å². The number of carbonyl (C=O) groups is 1. The molecule has 1 amide bonds. The van der Waals surface area contributed by atoms with Crippen molar-refractivity contribution in [2.24, 2.45) is 5.92 Å². The number of rotatable bonds is 4. The molecule has 0 spiro atoms. The van der Waals surface area contributed by atoms with Gasteiger partial charge in [-0.25, -0.2) is 8.42 Å². The highest BCUT2D eigenvalue weighted by molar-refractivity contribution is 7.91.